The highest BCUT2D eigenvalue weighted by molar-refractivity contribution is 7.99. The van der Waals surface area contributed by atoms with Crippen LogP contribution in [0.3, 0.4) is 0 Å². The first kappa shape index (κ1) is 19.2. The van der Waals surface area contributed by atoms with Crippen LogP contribution in [0.4, 0.5) is 10.5 Å². The second kappa shape index (κ2) is 8.40. The summed E-state index contributed by atoms with van der Waals surface area (Å²) in [5.41, 5.74) is 0.635. The van der Waals surface area contributed by atoms with E-state index in [1.165, 1.54) is 0 Å². The molecule has 0 radical (unpaired) electrons. The van der Waals surface area contributed by atoms with Gasteiger partial charge in [0.25, 0.3) is 5.22 Å². The Morgan fingerprint density at radius 1 is 1.30 bits per heavy atom. The first-order chi connectivity index (χ1) is 12.9. The van der Waals surface area contributed by atoms with E-state index in [1.54, 1.807) is 31.2 Å². The van der Waals surface area contributed by atoms with Crippen LogP contribution >= 0.6 is 23.4 Å². The van der Waals surface area contributed by atoms with E-state index in [2.05, 4.69) is 26.1 Å². The summed E-state index contributed by atoms with van der Waals surface area (Å²) in [5, 5.41) is 16.1. The van der Waals surface area contributed by atoms with Crippen molar-refractivity contribution in [1.82, 2.24) is 20.8 Å². The lowest BCUT2D eigenvalue weighted by Crippen LogP contribution is -2.57. The fraction of sp³-hybridized carbons (Fsp3) is 0.312. The van der Waals surface area contributed by atoms with Gasteiger partial charge in [-0.05, 0) is 31.2 Å². The van der Waals surface area contributed by atoms with Crippen LogP contribution in [0.1, 0.15) is 12.8 Å². The minimum atomic E-state index is -0.516. The summed E-state index contributed by atoms with van der Waals surface area (Å²) >= 11 is 6.88. The van der Waals surface area contributed by atoms with E-state index in [0.717, 1.165) is 11.8 Å². The van der Waals surface area contributed by atoms with E-state index in [0.29, 0.717) is 10.7 Å². The zero-order chi connectivity index (χ0) is 19.4. The summed E-state index contributed by atoms with van der Waals surface area (Å²) in [7, 11) is 0. The van der Waals surface area contributed by atoms with Crippen molar-refractivity contribution in [3.63, 3.8) is 0 Å². The first-order valence-corrected chi connectivity index (χ1v) is 9.39. The standard InChI is InChI=1S/C16H16ClN5O4S/c1-8-11(14(24)20-15(25)18-8)6-13-21-22-16(26-13)27-7-12(23)19-10-4-2-9(17)3-5-10/h2-5,8,11H,6-7H2,1H3,(H,19,23)(H2,18,20,24,25). The lowest BCUT2D eigenvalue weighted by atomic mass is 9.95. The third kappa shape index (κ3) is 5.20. The average molecular weight is 410 g/mol. The van der Waals surface area contributed by atoms with Crippen molar-refractivity contribution >= 4 is 46.9 Å². The predicted molar refractivity (Wildman–Crippen MR) is 98.4 cm³/mol. The fourth-order valence-electron chi connectivity index (χ4n) is 2.47. The minimum Gasteiger partial charge on any atom is -0.416 e. The molecule has 2 aromatic rings. The number of carbonyl (C=O) groups excluding carboxylic acids is 3. The number of carbonyl (C=O) groups is 3. The monoisotopic (exact) mass is 409 g/mol. The van der Waals surface area contributed by atoms with Crippen LogP contribution < -0.4 is 16.0 Å². The SMILES string of the molecule is CC1NC(=O)NC(=O)C1Cc1nnc(SCC(=O)Nc2ccc(Cl)cc2)o1. The molecular formula is C16H16ClN5O4S. The summed E-state index contributed by atoms with van der Waals surface area (Å²) in [5.74, 6) is -0.778. The van der Waals surface area contributed by atoms with Gasteiger partial charge in [0.15, 0.2) is 0 Å². The third-order valence-corrected chi connectivity index (χ3v) is 4.90. The number of anilines is 1. The summed E-state index contributed by atoms with van der Waals surface area (Å²) in [6.07, 6.45) is 0.192. The van der Waals surface area contributed by atoms with Crippen LogP contribution in [0.25, 0.3) is 0 Å². The zero-order valence-corrected chi connectivity index (χ0v) is 15.8. The third-order valence-electron chi connectivity index (χ3n) is 3.83. The Hall–Kier alpha value is -2.59. The molecule has 3 N–H and O–H groups in total. The van der Waals surface area contributed by atoms with Crippen LogP contribution in [-0.4, -0.2) is 39.8 Å². The lowest BCUT2D eigenvalue weighted by Gasteiger charge is -2.27. The number of hydrogen-bond donors (Lipinski definition) is 3. The fourth-order valence-corrected chi connectivity index (χ4v) is 3.18. The number of halogens is 1. The summed E-state index contributed by atoms with van der Waals surface area (Å²) in [4.78, 5) is 35.1. The van der Waals surface area contributed by atoms with Gasteiger partial charge in [0.05, 0.1) is 11.7 Å². The molecule has 1 fully saturated rings. The normalized spacial score (nSPS) is 19.3. The maximum Gasteiger partial charge on any atom is 0.321 e. The van der Waals surface area contributed by atoms with Crippen molar-refractivity contribution in [2.24, 2.45) is 5.92 Å². The van der Waals surface area contributed by atoms with Crippen molar-refractivity contribution in [3.8, 4) is 0 Å². The number of rotatable bonds is 6. The van der Waals surface area contributed by atoms with E-state index in [4.69, 9.17) is 16.0 Å². The Bertz CT molecular complexity index is 857. The molecule has 27 heavy (non-hydrogen) atoms. The Labute approximate surface area is 163 Å². The van der Waals surface area contributed by atoms with Gasteiger partial charge in [-0.2, -0.15) is 0 Å². The molecule has 1 saturated heterocycles. The zero-order valence-electron chi connectivity index (χ0n) is 14.2. The van der Waals surface area contributed by atoms with Crippen molar-refractivity contribution in [3.05, 3.63) is 35.2 Å². The van der Waals surface area contributed by atoms with E-state index >= 15 is 0 Å². The molecule has 2 heterocycles. The van der Waals surface area contributed by atoms with E-state index in [9.17, 15) is 14.4 Å². The Morgan fingerprint density at radius 2 is 2.04 bits per heavy atom. The van der Waals surface area contributed by atoms with Gasteiger partial charge >= 0.3 is 6.03 Å². The summed E-state index contributed by atoms with van der Waals surface area (Å²) in [6.45, 7) is 1.73. The second-order valence-corrected chi connectivity index (χ2v) is 7.23. The highest BCUT2D eigenvalue weighted by Crippen LogP contribution is 2.20. The van der Waals surface area contributed by atoms with Gasteiger partial charge in [0.1, 0.15) is 0 Å². The Kier molecular flexibility index (Phi) is 5.97. The molecule has 1 aromatic heterocycles. The van der Waals surface area contributed by atoms with E-state index < -0.39 is 11.9 Å². The molecule has 9 nitrogen and oxygen atoms in total. The number of amides is 4. The largest absolute Gasteiger partial charge is 0.416 e. The van der Waals surface area contributed by atoms with E-state index in [1.807, 2.05) is 0 Å². The van der Waals surface area contributed by atoms with Gasteiger partial charge in [0.2, 0.25) is 17.7 Å². The molecule has 1 aliphatic rings. The number of aromatic nitrogens is 2. The number of imide groups is 1. The molecule has 1 aliphatic heterocycles. The van der Waals surface area contributed by atoms with Crippen molar-refractivity contribution in [2.45, 2.75) is 24.6 Å². The minimum absolute atomic E-state index is 0.0840. The molecular weight excluding hydrogens is 394 g/mol. The summed E-state index contributed by atoms with van der Waals surface area (Å²) in [6, 6.07) is 5.89. The number of benzene rings is 1. The molecule has 0 bridgehead atoms. The predicted octanol–water partition coefficient (Wildman–Crippen LogP) is 1.84. The van der Waals surface area contributed by atoms with Gasteiger partial charge in [-0.1, -0.05) is 23.4 Å². The first-order valence-electron chi connectivity index (χ1n) is 8.02. The molecule has 0 aliphatic carbocycles. The van der Waals surface area contributed by atoms with Gasteiger partial charge in [-0.3, -0.25) is 14.9 Å². The Morgan fingerprint density at radius 3 is 2.74 bits per heavy atom. The molecule has 4 amide bonds. The number of urea groups is 1. The molecule has 2 unspecified atom stereocenters. The van der Waals surface area contributed by atoms with Crippen LogP contribution in [0.2, 0.25) is 5.02 Å². The molecule has 11 heteroatoms. The highest BCUT2D eigenvalue weighted by Gasteiger charge is 2.34. The second-order valence-electron chi connectivity index (χ2n) is 5.87. The highest BCUT2D eigenvalue weighted by atomic mass is 35.5. The molecule has 142 valence electrons. The number of thioether (sulfide) groups is 1. The molecule has 0 saturated carbocycles. The number of nitrogens with one attached hydrogen (secondary N) is 3. The number of hydrogen-bond acceptors (Lipinski definition) is 7. The number of nitrogens with zero attached hydrogens (tertiary/aromatic N) is 2. The van der Waals surface area contributed by atoms with Crippen molar-refractivity contribution in [2.75, 3.05) is 11.1 Å². The molecule has 3 rings (SSSR count). The lowest BCUT2D eigenvalue weighted by molar-refractivity contribution is -0.125. The van der Waals surface area contributed by atoms with Crippen LogP contribution in [0, 0.1) is 5.92 Å². The van der Waals surface area contributed by atoms with Gasteiger partial charge < -0.3 is 15.1 Å². The quantitative estimate of drug-likeness (QED) is 0.621. The van der Waals surface area contributed by atoms with Crippen LogP contribution in [-0.2, 0) is 16.0 Å². The molecule has 2 atom stereocenters. The summed E-state index contributed by atoms with van der Waals surface area (Å²) < 4.78 is 5.48. The molecule has 0 spiro atoms. The topological polar surface area (TPSA) is 126 Å². The maximum atomic E-state index is 12.0. The van der Waals surface area contributed by atoms with Crippen molar-refractivity contribution < 1.29 is 18.8 Å². The Balaban J connectivity index is 1.50. The van der Waals surface area contributed by atoms with Crippen molar-refractivity contribution in [1.29, 1.82) is 0 Å². The van der Waals surface area contributed by atoms with Gasteiger partial charge in [-0.25, -0.2) is 4.79 Å². The van der Waals surface area contributed by atoms with Crippen LogP contribution in [0.5, 0.6) is 0 Å². The van der Waals surface area contributed by atoms with E-state index in [-0.39, 0.29) is 41.1 Å². The average Bonchev–Trinajstić information content (AvgIpc) is 3.06. The maximum absolute atomic E-state index is 12.0. The molecule has 1 aromatic carbocycles. The van der Waals surface area contributed by atoms with Gasteiger partial charge in [0, 0.05) is 23.2 Å². The van der Waals surface area contributed by atoms with Gasteiger partial charge in [-0.15, -0.1) is 10.2 Å². The van der Waals surface area contributed by atoms with Crippen LogP contribution in [0.15, 0.2) is 33.9 Å². The smallest absolute Gasteiger partial charge is 0.321 e.